The third-order valence-electron chi connectivity index (χ3n) is 5.95. The monoisotopic (exact) mass is 427 g/mol. The zero-order valence-corrected chi connectivity index (χ0v) is 17.8. The standard InChI is InChI=1S/C22H25N3O4S/c1-14-13-17(30(28,29)24-15(2)16-9-11-23-12-10-16)7-8-20(14)25-21(26)18-5-3-4-6-19(18)22(25)27/h3-8,13,15-16,23-24H,9-12H2,1-2H3/t15-/m1/s1. The van der Waals surface area contributed by atoms with E-state index in [0.717, 1.165) is 30.8 Å². The van der Waals surface area contributed by atoms with Crippen LogP contribution in [-0.2, 0) is 10.0 Å². The summed E-state index contributed by atoms with van der Waals surface area (Å²) in [7, 11) is -3.71. The number of rotatable bonds is 5. The SMILES string of the molecule is Cc1cc(S(=O)(=O)N[C@H](C)C2CCNCC2)ccc1N1C(=O)c2ccccc2C1=O. The van der Waals surface area contributed by atoms with E-state index in [0.29, 0.717) is 28.3 Å². The van der Waals surface area contributed by atoms with E-state index in [1.807, 2.05) is 6.92 Å². The molecule has 2 amide bonds. The second-order valence-electron chi connectivity index (χ2n) is 7.94. The van der Waals surface area contributed by atoms with Crippen molar-refractivity contribution in [2.75, 3.05) is 18.0 Å². The zero-order chi connectivity index (χ0) is 21.5. The number of hydrogen-bond acceptors (Lipinski definition) is 5. The molecule has 0 saturated carbocycles. The summed E-state index contributed by atoms with van der Waals surface area (Å²) in [6.07, 6.45) is 1.86. The predicted octanol–water partition coefficient (Wildman–Crippen LogP) is 2.46. The van der Waals surface area contributed by atoms with E-state index in [9.17, 15) is 18.0 Å². The Morgan fingerprint density at radius 1 is 1.03 bits per heavy atom. The number of aryl methyl sites for hydroxylation is 1. The van der Waals surface area contributed by atoms with Crippen LogP contribution in [0.25, 0.3) is 0 Å². The average molecular weight is 428 g/mol. The van der Waals surface area contributed by atoms with Gasteiger partial charge in [0.2, 0.25) is 10.0 Å². The Balaban J connectivity index is 1.58. The van der Waals surface area contributed by atoms with Crippen molar-refractivity contribution in [3.63, 3.8) is 0 Å². The van der Waals surface area contributed by atoms with Crippen molar-refractivity contribution in [1.29, 1.82) is 0 Å². The highest BCUT2D eigenvalue weighted by Gasteiger charge is 2.37. The average Bonchev–Trinajstić information content (AvgIpc) is 2.99. The van der Waals surface area contributed by atoms with Gasteiger partial charge in [0.1, 0.15) is 0 Å². The van der Waals surface area contributed by atoms with E-state index >= 15 is 0 Å². The largest absolute Gasteiger partial charge is 0.317 e. The van der Waals surface area contributed by atoms with Crippen molar-refractivity contribution in [1.82, 2.24) is 10.0 Å². The molecular formula is C22H25N3O4S. The van der Waals surface area contributed by atoms with Gasteiger partial charge in [0.15, 0.2) is 0 Å². The van der Waals surface area contributed by atoms with Gasteiger partial charge in [-0.05, 0) is 81.6 Å². The first-order valence-electron chi connectivity index (χ1n) is 10.1. The molecule has 2 N–H and O–H groups in total. The van der Waals surface area contributed by atoms with Crippen LogP contribution in [0.4, 0.5) is 5.69 Å². The fourth-order valence-corrected chi connectivity index (χ4v) is 5.60. The number of piperidine rings is 1. The summed E-state index contributed by atoms with van der Waals surface area (Å²) in [6.45, 7) is 5.39. The molecule has 0 radical (unpaired) electrons. The number of amides is 2. The first kappa shape index (κ1) is 20.7. The molecule has 1 fully saturated rings. The third-order valence-corrected chi connectivity index (χ3v) is 7.50. The summed E-state index contributed by atoms with van der Waals surface area (Å²) in [5, 5.41) is 3.28. The number of sulfonamides is 1. The van der Waals surface area contributed by atoms with E-state index in [2.05, 4.69) is 10.0 Å². The minimum Gasteiger partial charge on any atom is -0.317 e. The van der Waals surface area contributed by atoms with E-state index in [1.165, 1.54) is 18.2 Å². The van der Waals surface area contributed by atoms with E-state index < -0.39 is 21.8 Å². The molecular weight excluding hydrogens is 402 g/mol. The van der Waals surface area contributed by atoms with Gasteiger partial charge in [0, 0.05) is 6.04 Å². The maximum Gasteiger partial charge on any atom is 0.266 e. The molecule has 2 heterocycles. The summed E-state index contributed by atoms with van der Waals surface area (Å²) in [4.78, 5) is 26.7. The number of fused-ring (bicyclic) bond motifs is 1. The molecule has 8 heteroatoms. The second kappa shape index (κ2) is 7.94. The molecule has 2 aliphatic heterocycles. The van der Waals surface area contributed by atoms with Gasteiger partial charge in [0.05, 0.1) is 21.7 Å². The van der Waals surface area contributed by atoms with Crippen LogP contribution in [0, 0.1) is 12.8 Å². The molecule has 0 aromatic heterocycles. The van der Waals surface area contributed by atoms with Crippen LogP contribution in [-0.4, -0.2) is 39.4 Å². The van der Waals surface area contributed by atoms with E-state index in [1.54, 1.807) is 31.2 Å². The van der Waals surface area contributed by atoms with Crippen molar-refractivity contribution < 1.29 is 18.0 Å². The molecule has 1 atom stereocenters. The van der Waals surface area contributed by atoms with Gasteiger partial charge in [-0.25, -0.2) is 18.0 Å². The molecule has 0 bridgehead atoms. The number of carbonyl (C=O) groups is 2. The molecule has 2 aromatic carbocycles. The van der Waals surface area contributed by atoms with Crippen molar-refractivity contribution in [3.8, 4) is 0 Å². The molecule has 4 rings (SSSR count). The lowest BCUT2D eigenvalue weighted by molar-refractivity contribution is 0.0926. The van der Waals surface area contributed by atoms with Crippen molar-refractivity contribution >= 4 is 27.5 Å². The van der Waals surface area contributed by atoms with Gasteiger partial charge in [-0.1, -0.05) is 12.1 Å². The first-order valence-corrected chi connectivity index (χ1v) is 11.6. The highest BCUT2D eigenvalue weighted by atomic mass is 32.2. The van der Waals surface area contributed by atoms with Crippen LogP contribution in [0.15, 0.2) is 47.4 Å². The Morgan fingerprint density at radius 3 is 2.20 bits per heavy atom. The molecule has 2 aliphatic rings. The second-order valence-corrected chi connectivity index (χ2v) is 9.65. The van der Waals surface area contributed by atoms with Crippen molar-refractivity contribution in [2.45, 2.75) is 37.6 Å². The molecule has 0 aliphatic carbocycles. The number of anilines is 1. The van der Waals surface area contributed by atoms with Gasteiger partial charge in [-0.15, -0.1) is 0 Å². The molecule has 30 heavy (non-hydrogen) atoms. The van der Waals surface area contributed by atoms with Gasteiger partial charge >= 0.3 is 0 Å². The van der Waals surface area contributed by atoms with Crippen LogP contribution >= 0.6 is 0 Å². The Kier molecular flexibility index (Phi) is 5.48. The lowest BCUT2D eigenvalue weighted by Crippen LogP contribution is -2.42. The van der Waals surface area contributed by atoms with Gasteiger partial charge < -0.3 is 5.32 Å². The molecule has 0 unspecified atom stereocenters. The third kappa shape index (κ3) is 3.66. The molecule has 158 valence electrons. The summed E-state index contributed by atoms with van der Waals surface area (Å²) >= 11 is 0. The normalized spacial score (nSPS) is 18.5. The van der Waals surface area contributed by atoms with Gasteiger partial charge in [-0.3, -0.25) is 9.59 Å². The molecule has 2 aromatic rings. The van der Waals surface area contributed by atoms with Crippen LogP contribution in [0.3, 0.4) is 0 Å². The molecule has 1 saturated heterocycles. The maximum atomic E-state index is 12.9. The molecule has 0 spiro atoms. The summed E-state index contributed by atoms with van der Waals surface area (Å²) in [5.41, 5.74) is 1.65. The number of nitrogens with zero attached hydrogens (tertiary/aromatic N) is 1. The summed E-state index contributed by atoms with van der Waals surface area (Å²) < 4.78 is 28.6. The zero-order valence-electron chi connectivity index (χ0n) is 17.0. The smallest absolute Gasteiger partial charge is 0.266 e. The fourth-order valence-electron chi connectivity index (χ4n) is 4.21. The maximum absolute atomic E-state index is 12.9. The summed E-state index contributed by atoms with van der Waals surface area (Å²) in [5.74, 6) is -0.501. The van der Waals surface area contributed by atoms with Gasteiger partial charge in [0.25, 0.3) is 11.8 Å². The van der Waals surface area contributed by atoms with E-state index in [4.69, 9.17) is 0 Å². The number of imide groups is 1. The lowest BCUT2D eigenvalue weighted by atomic mass is 9.92. The Bertz CT molecular complexity index is 1070. The molecule has 7 nitrogen and oxygen atoms in total. The van der Waals surface area contributed by atoms with Crippen LogP contribution in [0.5, 0.6) is 0 Å². The minimum absolute atomic E-state index is 0.126. The number of hydrogen-bond donors (Lipinski definition) is 2. The topological polar surface area (TPSA) is 95.6 Å². The van der Waals surface area contributed by atoms with Crippen LogP contribution in [0.2, 0.25) is 0 Å². The Hall–Kier alpha value is -2.55. The highest BCUT2D eigenvalue weighted by Crippen LogP contribution is 2.31. The van der Waals surface area contributed by atoms with E-state index in [-0.39, 0.29) is 10.9 Å². The fraction of sp³-hybridized carbons (Fsp3) is 0.364. The summed E-state index contributed by atoms with van der Waals surface area (Å²) in [6, 6.07) is 11.0. The number of carbonyl (C=O) groups excluding carboxylic acids is 2. The number of benzene rings is 2. The Morgan fingerprint density at radius 2 is 1.63 bits per heavy atom. The minimum atomic E-state index is -3.71. The van der Waals surface area contributed by atoms with Gasteiger partial charge in [-0.2, -0.15) is 0 Å². The van der Waals surface area contributed by atoms with Crippen LogP contribution < -0.4 is 14.9 Å². The van der Waals surface area contributed by atoms with Crippen molar-refractivity contribution in [2.24, 2.45) is 5.92 Å². The first-order chi connectivity index (χ1) is 14.3. The quantitative estimate of drug-likeness (QED) is 0.715. The van der Waals surface area contributed by atoms with Crippen molar-refractivity contribution in [3.05, 3.63) is 59.2 Å². The number of nitrogens with one attached hydrogen (secondary N) is 2. The highest BCUT2D eigenvalue weighted by molar-refractivity contribution is 7.89. The predicted molar refractivity (Wildman–Crippen MR) is 114 cm³/mol. The Labute approximate surface area is 176 Å². The van der Waals surface area contributed by atoms with Crippen LogP contribution in [0.1, 0.15) is 46.0 Å². The lowest BCUT2D eigenvalue weighted by Gasteiger charge is -2.28.